The molecule has 108 valence electrons. The van der Waals surface area contributed by atoms with Crippen LogP contribution in [0.3, 0.4) is 0 Å². The molecule has 0 aromatic rings. The maximum Gasteiger partial charge on any atom is 0.0630 e. The number of aliphatic hydroxyl groups is 1. The van der Waals surface area contributed by atoms with Gasteiger partial charge in [-0.2, -0.15) is 0 Å². The van der Waals surface area contributed by atoms with Crippen LogP contribution in [0.25, 0.3) is 0 Å². The molecule has 0 unspecified atom stereocenters. The monoisotopic (exact) mass is 254 g/mol. The van der Waals surface area contributed by atoms with Gasteiger partial charge < -0.3 is 5.11 Å². The summed E-state index contributed by atoms with van der Waals surface area (Å²) in [6, 6.07) is 0. The standard InChI is InChI=1S/C17H34O/c1-5-9-11-12-13-16(18)17(8-4,14-7-3)15-10-6-2/h8,16,18H,4-7,9-15H2,1-3H3/t16-,17-/m0/s1. The zero-order valence-electron chi connectivity index (χ0n) is 12.9. The lowest BCUT2D eigenvalue weighted by molar-refractivity contribution is 0.0350. The van der Waals surface area contributed by atoms with Gasteiger partial charge >= 0.3 is 0 Å². The molecule has 0 fully saturated rings. The van der Waals surface area contributed by atoms with Gasteiger partial charge in [0.25, 0.3) is 0 Å². The van der Waals surface area contributed by atoms with Crippen LogP contribution in [0.1, 0.15) is 85.0 Å². The van der Waals surface area contributed by atoms with E-state index >= 15 is 0 Å². The fourth-order valence-corrected chi connectivity index (χ4v) is 2.82. The molecule has 0 radical (unpaired) electrons. The van der Waals surface area contributed by atoms with Gasteiger partial charge in [0, 0.05) is 5.41 Å². The first-order valence-electron chi connectivity index (χ1n) is 7.98. The second-order valence-corrected chi connectivity index (χ2v) is 5.66. The highest BCUT2D eigenvalue weighted by Gasteiger charge is 2.32. The number of hydrogen-bond acceptors (Lipinski definition) is 1. The van der Waals surface area contributed by atoms with E-state index in [-0.39, 0.29) is 11.5 Å². The van der Waals surface area contributed by atoms with Crippen molar-refractivity contribution in [3.63, 3.8) is 0 Å². The van der Waals surface area contributed by atoms with E-state index in [1.165, 1.54) is 32.1 Å². The largest absolute Gasteiger partial charge is 0.392 e. The fourth-order valence-electron chi connectivity index (χ4n) is 2.82. The van der Waals surface area contributed by atoms with Gasteiger partial charge in [0.15, 0.2) is 0 Å². The summed E-state index contributed by atoms with van der Waals surface area (Å²) in [7, 11) is 0. The van der Waals surface area contributed by atoms with Crippen LogP contribution in [0.4, 0.5) is 0 Å². The molecule has 0 amide bonds. The van der Waals surface area contributed by atoms with Gasteiger partial charge in [0.05, 0.1) is 6.10 Å². The van der Waals surface area contributed by atoms with Gasteiger partial charge in [-0.15, -0.1) is 6.58 Å². The molecular formula is C17H34O. The van der Waals surface area contributed by atoms with Gasteiger partial charge in [0.1, 0.15) is 0 Å². The summed E-state index contributed by atoms with van der Waals surface area (Å²) >= 11 is 0. The number of aliphatic hydroxyl groups excluding tert-OH is 1. The van der Waals surface area contributed by atoms with E-state index in [1.54, 1.807) is 0 Å². The van der Waals surface area contributed by atoms with Crippen molar-refractivity contribution in [3.05, 3.63) is 12.7 Å². The molecule has 0 aliphatic rings. The minimum Gasteiger partial charge on any atom is -0.392 e. The number of rotatable bonds is 12. The third-order valence-electron chi connectivity index (χ3n) is 4.11. The summed E-state index contributed by atoms with van der Waals surface area (Å²) in [5.41, 5.74) is -0.0308. The molecular weight excluding hydrogens is 220 g/mol. The molecule has 0 saturated heterocycles. The van der Waals surface area contributed by atoms with Crippen molar-refractivity contribution < 1.29 is 5.11 Å². The van der Waals surface area contributed by atoms with Gasteiger partial charge in [-0.1, -0.05) is 71.8 Å². The third-order valence-corrected chi connectivity index (χ3v) is 4.11. The molecule has 0 heterocycles. The van der Waals surface area contributed by atoms with Crippen LogP contribution in [-0.4, -0.2) is 11.2 Å². The molecule has 0 aromatic heterocycles. The first kappa shape index (κ1) is 17.7. The Bertz CT molecular complexity index is 200. The predicted molar refractivity (Wildman–Crippen MR) is 81.8 cm³/mol. The summed E-state index contributed by atoms with van der Waals surface area (Å²) in [6.45, 7) is 10.7. The summed E-state index contributed by atoms with van der Waals surface area (Å²) in [4.78, 5) is 0. The summed E-state index contributed by atoms with van der Waals surface area (Å²) in [5, 5.41) is 10.5. The van der Waals surface area contributed by atoms with E-state index in [0.29, 0.717) is 0 Å². The molecule has 0 aromatic carbocycles. The smallest absolute Gasteiger partial charge is 0.0630 e. The van der Waals surface area contributed by atoms with Crippen LogP contribution in [0.5, 0.6) is 0 Å². The molecule has 2 atom stereocenters. The lowest BCUT2D eigenvalue weighted by Crippen LogP contribution is -2.33. The summed E-state index contributed by atoms with van der Waals surface area (Å²) in [5.74, 6) is 0. The fraction of sp³-hybridized carbons (Fsp3) is 0.882. The molecule has 0 aliphatic carbocycles. The van der Waals surface area contributed by atoms with E-state index in [0.717, 1.165) is 32.1 Å². The lowest BCUT2D eigenvalue weighted by atomic mass is 9.72. The Balaban J connectivity index is 4.36. The highest BCUT2D eigenvalue weighted by atomic mass is 16.3. The van der Waals surface area contributed by atoms with Crippen molar-refractivity contribution in [3.8, 4) is 0 Å². The average molecular weight is 254 g/mol. The Morgan fingerprint density at radius 1 is 0.944 bits per heavy atom. The molecule has 1 N–H and O–H groups in total. The summed E-state index contributed by atoms with van der Waals surface area (Å²) in [6.07, 6.45) is 13.4. The number of hydrogen-bond donors (Lipinski definition) is 1. The lowest BCUT2D eigenvalue weighted by Gasteiger charge is -2.35. The average Bonchev–Trinajstić information content (AvgIpc) is 2.39. The van der Waals surface area contributed by atoms with E-state index in [1.807, 2.05) is 6.08 Å². The molecule has 1 heteroatoms. The molecule has 0 bridgehead atoms. The number of unbranched alkanes of at least 4 members (excludes halogenated alkanes) is 4. The van der Waals surface area contributed by atoms with Crippen molar-refractivity contribution in [2.75, 3.05) is 0 Å². The molecule has 0 aliphatic heterocycles. The molecule has 0 rings (SSSR count). The molecule has 0 spiro atoms. The van der Waals surface area contributed by atoms with Crippen molar-refractivity contribution in [2.45, 2.75) is 91.1 Å². The van der Waals surface area contributed by atoms with Crippen LogP contribution >= 0.6 is 0 Å². The molecule has 0 saturated carbocycles. The van der Waals surface area contributed by atoms with Crippen molar-refractivity contribution >= 4 is 0 Å². The van der Waals surface area contributed by atoms with Crippen molar-refractivity contribution in [1.29, 1.82) is 0 Å². The maximum atomic E-state index is 10.5. The van der Waals surface area contributed by atoms with Crippen LogP contribution in [0.15, 0.2) is 12.7 Å². The van der Waals surface area contributed by atoms with Gasteiger partial charge in [-0.05, 0) is 19.3 Å². The van der Waals surface area contributed by atoms with E-state index in [4.69, 9.17) is 0 Å². The van der Waals surface area contributed by atoms with E-state index in [9.17, 15) is 5.11 Å². The van der Waals surface area contributed by atoms with Gasteiger partial charge in [0.2, 0.25) is 0 Å². The first-order chi connectivity index (χ1) is 8.66. The minimum atomic E-state index is -0.196. The second-order valence-electron chi connectivity index (χ2n) is 5.66. The van der Waals surface area contributed by atoms with E-state index in [2.05, 4.69) is 27.4 Å². The quantitative estimate of drug-likeness (QED) is 0.361. The Morgan fingerprint density at radius 2 is 1.61 bits per heavy atom. The summed E-state index contributed by atoms with van der Waals surface area (Å²) < 4.78 is 0. The zero-order valence-corrected chi connectivity index (χ0v) is 12.9. The molecule has 1 nitrogen and oxygen atoms in total. The second kappa shape index (κ2) is 10.6. The normalized spacial score (nSPS) is 16.2. The Hall–Kier alpha value is -0.300. The molecule has 18 heavy (non-hydrogen) atoms. The SMILES string of the molecule is C=C[C@](CCC)(CCCC)[C@@H](O)CCCCCC. The topological polar surface area (TPSA) is 20.2 Å². The maximum absolute atomic E-state index is 10.5. The Kier molecular flexibility index (Phi) is 10.4. The van der Waals surface area contributed by atoms with Crippen molar-refractivity contribution in [1.82, 2.24) is 0 Å². The van der Waals surface area contributed by atoms with Crippen LogP contribution in [-0.2, 0) is 0 Å². The highest BCUT2D eigenvalue weighted by Crippen LogP contribution is 2.37. The minimum absolute atomic E-state index is 0.0308. The van der Waals surface area contributed by atoms with Crippen LogP contribution in [0.2, 0.25) is 0 Å². The van der Waals surface area contributed by atoms with Gasteiger partial charge in [-0.25, -0.2) is 0 Å². The van der Waals surface area contributed by atoms with Crippen LogP contribution in [0, 0.1) is 5.41 Å². The van der Waals surface area contributed by atoms with Gasteiger partial charge in [-0.3, -0.25) is 0 Å². The van der Waals surface area contributed by atoms with Crippen LogP contribution < -0.4 is 0 Å². The Morgan fingerprint density at radius 3 is 2.11 bits per heavy atom. The van der Waals surface area contributed by atoms with E-state index < -0.39 is 0 Å². The zero-order chi connectivity index (χ0) is 13.9. The van der Waals surface area contributed by atoms with Crippen molar-refractivity contribution in [2.24, 2.45) is 5.41 Å². The first-order valence-corrected chi connectivity index (χ1v) is 7.98. The predicted octanol–water partition coefficient (Wildman–Crippen LogP) is 5.48. The third kappa shape index (κ3) is 6.04. The Labute approximate surface area is 115 Å². The highest BCUT2D eigenvalue weighted by molar-refractivity contribution is 4.99.